The Bertz CT molecular complexity index is 383. The lowest BCUT2D eigenvalue weighted by atomic mass is 9.89. The molecule has 0 spiro atoms. The minimum Gasteiger partial charge on any atom is -0.370 e. The van der Waals surface area contributed by atoms with Gasteiger partial charge in [0.15, 0.2) is 0 Å². The maximum atomic E-state index is 5.67. The van der Waals surface area contributed by atoms with Gasteiger partial charge in [0.2, 0.25) is 0 Å². The molecule has 0 bridgehead atoms. The van der Waals surface area contributed by atoms with E-state index in [1.165, 1.54) is 29.5 Å². The molecular weight excluding hydrogens is 208 g/mol. The van der Waals surface area contributed by atoms with E-state index in [4.69, 9.17) is 4.74 Å². The molecule has 0 N–H and O–H groups in total. The van der Waals surface area contributed by atoms with Crippen molar-refractivity contribution in [2.75, 3.05) is 0 Å². The van der Waals surface area contributed by atoms with Gasteiger partial charge in [-0.15, -0.1) is 0 Å². The first-order valence-corrected chi connectivity index (χ1v) is 6.88. The summed E-state index contributed by atoms with van der Waals surface area (Å²) in [5.74, 6) is 0.663. The predicted molar refractivity (Wildman–Crippen MR) is 72.5 cm³/mol. The minimum absolute atomic E-state index is 0.520. The van der Waals surface area contributed by atoms with Crippen molar-refractivity contribution in [1.29, 1.82) is 0 Å². The molecule has 1 aromatic carbocycles. The fourth-order valence-electron chi connectivity index (χ4n) is 2.58. The van der Waals surface area contributed by atoms with Crippen molar-refractivity contribution in [3.8, 4) is 0 Å². The number of rotatable bonds is 5. The Balaban J connectivity index is 2.04. The first-order valence-electron chi connectivity index (χ1n) is 6.88. The van der Waals surface area contributed by atoms with E-state index in [1.54, 1.807) is 0 Å². The molecule has 1 nitrogen and oxygen atoms in total. The predicted octanol–water partition coefficient (Wildman–Crippen LogP) is 4.36. The van der Waals surface area contributed by atoms with Crippen molar-refractivity contribution in [2.45, 2.75) is 65.1 Å². The summed E-state index contributed by atoms with van der Waals surface area (Å²) in [5, 5.41) is 0. The number of aryl methyl sites for hydroxylation is 2. The highest BCUT2D eigenvalue weighted by Gasteiger charge is 2.38. The quantitative estimate of drug-likeness (QED) is 0.687. The highest BCUT2D eigenvalue weighted by molar-refractivity contribution is 5.32. The molecule has 3 atom stereocenters. The molecule has 17 heavy (non-hydrogen) atoms. The van der Waals surface area contributed by atoms with E-state index in [9.17, 15) is 0 Å². The molecule has 0 saturated carbocycles. The molecule has 2 rings (SSSR count). The molecule has 1 aliphatic rings. The molecule has 1 heteroatoms. The molecule has 1 aromatic rings. The Kier molecular flexibility index (Phi) is 3.88. The monoisotopic (exact) mass is 232 g/mol. The van der Waals surface area contributed by atoms with Crippen LogP contribution in [0.4, 0.5) is 0 Å². The van der Waals surface area contributed by atoms with Crippen LogP contribution in [0, 0.1) is 13.8 Å². The zero-order valence-corrected chi connectivity index (χ0v) is 11.5. The van der Waals surface area contributed by atoms with E-state index in [1.807, 2.05) is 0 Å². The second-order valence-corrected chi connectivity index (χ2v) is 5.31. The summed E-state index contributed by atoms with van der Waals surface area (Å²) in [6, 6.07) is 6.89. The lowest BCUT2D eigenvalue weighted by molar-refractivity contribution is 0.349. The van der Waals surface area contributed by atoms with Crippen LogP contribution in [0.15, 0.2) is 18.2 Å². The van der Waals surface area contributed by atoms with Crippen LogP contribution >= 0.6 is 0 Å². The second-order valence-electron chi connectivity index (χ2n) is 5.31. The molecule has 1 aliphatic heterocycles. The second kappa shape index (κ2) is 5.22. The van der Waals surface area contributed by atoms with Crippen LogP contribution in [0.5, 0.6) is 0 Å². The van der Waals surface area contributed by atoms with E-state index in [0.717, 1.165) is 6.42 Å². The summed E-state index contributed by atoms with van der Waals surface area (Å²) in [6.45, 7) is 8.87. The highest BCUT2D eigenvalue weighted by Crippen LogP contribution is 2.36. The average molecular weight is 232 g/mol. The minimum atomic E-state index is 0.520. The highest BCUT2D eigenvalue weighted by atomic mass is 16.6. The van der Waals surface area contributed by atoms with Crippen molar-refractivity contribution in [3.63, 3.8) is 0 Å². The van der Waals surface area contributed by atoms with Gasteiger partial charge in [0.05, 0.1) is 12.2 Å². The molecule has 0 aliphatic carbocycles. The molecule has 3 unspecified atom stereocenters. The van der Waals surface area contributed by atoms with Crippen molar-refractivity contribution >= 4 is 0 Å². The number of epoxide rings is 1. The van der Waals surface area contributed by atoms with Crippen LogP contribution in [-0.4, -0.2) is 12.2 Å². The van der Waals surface area contributed by atoms with Crippen LogP contribution in [-0.2, 0) is 4.74 Å². The standard InChI is InChI=1S/C16H24O/c1-5-13(10-16-15(6-2)17-16)14-8-7-11(3)12(4)9-14/h7-9,13,15-16H,5-6,10H2,1-4H3. The van der Waals surface area contributed by atoms with Gasteiger partial charge in [0.1, 0.15) is 0 Å². The van der Waals surface area contributed by atoms with E-state index < -0.39 is 0 Å². The van der Waals surface area contributed by atoms with Gasteiger partial charge < -0.3 is 4.74 Å². The fraction of sp³-hybridized carbons (Fsp3) is 0.625. The summed E-state index contributed by atoms with van der Waals surface area (Å²) in [6.07, 6.45) is 4.62. The van der Waals surface area contributed by atoms with Gasteiger partial charge in [-0.05, 0) is 55.7 Å². The smallest absolute Gasteiger partial charge is 0.0847 e. The van der Waals surface area contributed by atoms with Crippen molar-refractivity contribution < 1.29 is 4.74 Å². The molecule has 0 radical (unpaired) electrons. The van der Waals surface area contributed by atoms with Crippen LogP contribution in [0.2, 0.25) is 0 Å². The third kappa shape index (κ3) is 2.90. The van der Waals surface area contributed by atoms with E-state index in [2.05, 4.69) is 45.9 Å². The van der Waals surface area contributed by atoms with E-state index in [-0.39, 0.29) is 0 Å². The number of benzene rings is 1. The van der Waals surface area contributed by atoms with Crippen molar-refractivity contribution in [2.24, 2.45) is 0 Å². The first-order chi connectivity index (χ1) is 8.15. The Morgan fingerprint density at radius 1 is 1.12 bits per heavy atom. The molecule has 1 fully saturated rings. The maximum absolute atomic E-state index is 5.67. The molecule has 0 aromatic heterocycles. The van der Waals surface area contributed by atoms with Crippen LogP contribution < -0.4 is 0 Å². The summed E-state index contributed by atoms with van der Waals surface area (Å²) >= 11 is 0. The van der Waals surface area contributed by atoms with Gasteiger partial charge in [-0.1, -0.05) is 32.0 Å². The maximum Gasteiger partial charge on any atom is 0.0847 e. The summed E-state index contributed by atoms with van der Waals surface area (Å²) in [4.78, 5) is 0. The van der Waals surface area contributed by atoms with E-state index >= 15 is 0 Å². The lowest BCUT2D eigenvalue weighted by Gasteiger charge is -2.15. The normalized spacial score (nSPS) is 24.7. The third-order valence-electron chi connectivity index (χ3n) is 4.10. The summed E-state index contributed by atoms with van der Waals surface area (Å²) in [7, 11) is 0. The topological polar surface area (TPSA) is 12.5 Å². The number of ether oxygens (including phenoxy) is 1. The Labute approximate surface area is 105 Å². The van der Waals surface area contributed by atoms with Crippen LogP contribution in [0.25, 0.3) is 0 Å². The van der Waals surface area contributed by atoms with Gasteiger partial charge in [-0.3, -0.25) is 0 Å². The lowest BCUT2D eigenvalue weighted by Crippen LogP contribution is -2.04. The number of hydrogen-bond acceptors (Lipinski definition) is 1. The summed E-state index contributed by atoms with van der Waals surface area (Å²) < 4.78 is 5.67. The largest absolute Gasteiger partial charge is 0.370 e. The fourth-order valence-corrected chi connectivity index (χ4v) is 2.58. The Hall–Kier alpha value is -0.820. The Morgan fingerprint density at radius 2 is 1.88 bits per heavy atom. The summed E-state index contributed by atoms with van der Waals surface area (Å²) in [5.41, 5.74) is 4.28. The number of hydrogen-bond donors (Lipinski definition) is 0. The average Bonchev–Trinajstić information content (AvgIpc) is 3.08. The molecule has 0 amide bonds. The zero-order valence-electron chi connectivity index (χ0n) is 11.5. The molecule has 1 heterocycles. The molecule has 94 valence electrons. The van der Waals surface area contributed by atoms with Gasteiger partial charge >= 0.3 is 0 Å². The zero-order chi connectivity index (χ0) is 12.4. The Morgan fingerprint density at radius 3 is 2.41 bits per heavy atom. The van der Waals surface area contributed by atoms with Crippen molar-refractivity contribution in [1.82, 2.24) is 0 Å². The van der Waals surface area contributed by atoms with Crippen molar-refractivity contribution in [3.05, 3.63) is 34.9 Å². The van der Waals surface area contributed by atoms with Gasteiger partial charge in [-0.25, -0.2) is 0 Å². The van der Waals surface area contributed by atoms with Crippen LogP contribution in [0.1, 0.15) is 55.7 Å². The molecule has 1 saturated heterocycles. The molecular formula is C16H24O. The van der Waals surface area contributed by atoms with Gasteiger partial charge in [-0.2, -0.15) is 0 Å². The van der Waals surface area contributed by atoms with Gasteiger partial charge in [0.25, 0.3) is 0 Å². The third-order valence-corrected chi connectivity index (χ3v) is 4.10. The first kappa shape index (κ1) is 12.6. The van der Waals surface area contributed by atoms with E-state index in [0.29, 0.717) is 18.1 Å². The SMILES string of the molecule is CCC(CC1OC1CC)c1ccc(C)c(C)c1. The van der Waals surface area contributed by atoms with Crippen LogP contribution in [0.3, 0.4) is 0 Å². The van der Waals surface area contributed by atoms with Gasteiger partial charge in [0, 0.05) is 0 Å².